The zero-order valence-electron chi connectivity index (χ0n) is 13.5. The Morgan fingerprint density at radius 1 is 1.29 bits per heavy atom. The molecule has 0 rings (SSSR count). The van der Waals surface area contributed by atoms with Crippen molar-refractivity contribution in [3.8, 4) is 0 Å². The molecule has 0 aromatic carbocycles. The molecule has 2 N–H and O–H groups in total. The van der Waals surface area contributed by atoms with Gasteiger partial charge in [-0.2, -0.15) is 0 Å². The Hall–Kier alpha value is -1.81. The van der Waals surface area contributed by atoms with Gasteiger partial charge < -0.3 is 15.2 Å². The molecule has 0 radical (unpaired) electrons. The number of hydrogen-bond acceptors (Lipinski definition) is 4. The van der Waals surface area contributed by atoms with Crippen molar-refractivity contribution < 1.29 is 14.3 Å². The maximum absolute atomic E-state index is 12.4. The molecule has 4 nitrogen and oxygen atoms in total. The maximum Gasteiger partial charge on any atom is 0.232 e. The largest absolute Gasteiger partial charge is 0.456 e. The van der Waals surface area contributed by atoms with Gasteiger partial charge in [-0.3, -0.25) is 4.79 Å². The minimum Gasteiger partial charge on any atom is -0.456 e. The van der Waals surface area contributed by atoms with E-state index in [4.69, 9.17) is 15.2 Å². The molecule has 0 aromatic heterocycles. The summed E-state index contributed by atoms with van der Waals surface area (Å²) in [6, 6.07) is 0. The van der Waals surface area contributed by atoms with Crippen LogP contribution in [-0.2, 0) is 14.3 Å². The first kappa shape index (κ1) is 19.2. The van der Waals surface area contributed by atoms with Gasteiger partial charge in [-0.25, -0.2) is 0 Å². The average Bonchev–Trinajstić information content (AvgIpc) is 2.50. The molecular formula is C17H27NO3. The number of Topliss-reactive ketones (excluding diaryl/α,β-unsaturated/α-hetero) is 1. The third kappa shape index (κ3) is 6.45. The van der Waals surface area contributed by atoms with Crippen LogP contribution in [0.3, 0.4) is 0 Å². The van der Waals surface area contributed by atoms with Crippen molar-refractivity contribution in [2.45, 2.75) is 46.1 Å². The van der Waals surface area contributed by atoms with E-state index in [1.54, 1.807) is 0 Å². The lowest BCUT2D eigenvalue weighted by Crippen LogP contribution is -2.27. The highest BCUT2D eigenvalue weighted by atomic mass is 16.5. The summed E-state index contributed by atoms with van der Waals surface area (Å²) in [6.45, 7) is 9.76. The summed E-state index contributed by atoms with van der Waals surface area (Å²) in [5.41, 5.74) is 6.22. The van der Waals surface area contributed by atoms with E-state index in [-0.39, 0.29) is 11.5 Å². The maximum atomic E-state index is 12.4. The Kier molecular flexibility index (Phi) is 9.98. The van der Waals surface area contributed by atoms with E-state index < -0.39 is 6.10 Å². The smallest absolute Gasteiger partial charge is 0.232 e. The molecule has 0 heterocycles. The third-order valence-electron chi connectivity index (χ3n) is 2.94. The molecule has 0 aromatic rings. The Bertz CT molecular complexity index is 433. The van der Waals surface area contributed by atoms with Crippen molar-refractivity contribution in [2.24, 2.45) is 5.73 Å². The van der Waals surface area contributed by atoms with E-state index in [2.05, 4.69) is 6.58 Å². The van der Waals surface area contributed by atoms with E-state index in [1.165, 1.54) is 13.3 Å². The number of rotatable bonds is 10. The predicted octanol–water partition coefficient (Wildman–Crippen LogP) is 3.61. The van der Waals surface area contributed by atoms with Crippen molar-refractivity contribution in [1.82, 2.24) is 0 Å². The van der Waals surface area contributed by atoms with Crippen LogP contribution in [0.2, 0.25) is 0 Å². The molecule has 118 valence electrons. The monoisotopic (exact) mass is 293 g/mol. The molecule has 0 spiro atoms. The summed E-state index contributed by atoms with van der Waals surface area (Å²) in [6.07, 6.45) is 8.42. The molecule has 21 heavy (non-hydrogen) atoms. The van der Waals surface area contributed by atoms with E-state index in [9.17, 15) is 4.79 Å². The summed E-state index contributed by atoms with van der Waals surface area (Å²) in [4.78, 5) is 12.4. The highest BCUT2D eigenvalue weighted by molar-refractivity contribution is 5.99. The van der Waals surface area contributed by atoms with Crippen molar-refractivity contribution >= 4 is 5.78 Å². The zero-order valence-corrected chi connectivity index (χ0v) is 13.5. The lowest BCUT2D eigenvalue weighted by Gasteiger charge is -2.18. The second-order valence-electron chi connectivity index (χ2n) is 4.45. The van der Waals surface area contributed by atoms with Gasteiger partial charge in [-0.15, -0.1) is 0 Å². The summed E-state index contributed by atoms with van der Waals surface area (Å²) in [5, 5.41) is 0. The Morgan fingerprint density at radius 2 is 1.95 bits per heavy atom. The summed E-state index contributed by atoms with van der Waals surface area (Å²) >= 11 is 0. The minimum atomic E-state index is -0.728. The van der Waals surface area contributed by atoms with Gasteiger partial charge in [0.1, 0.15) is 11.9 Å². The van der Waals surface area contributed by atoms with Gasteiger partial charge in [0.05, 0.1) is 0 Å². The van der Waals surface area contributed by atoms with Crippen molar-refractivity contribution in [3.05, 3.63) is 48.1 Å². The van der Waals surface area contributed by atoms with E-state index >= 15 is 0 Å². The van der Waals surface area contributed by atoms with Gasteiger partial charge in [0.25, 0.3) is 0 Å². The lowest BCUT2D eigenvalue weighted by atomic mass is 10.0. The van der Waals surface area contributed by atoms with Gasteiger partial charge in [0.15, 0.2) is 5.76 Å². The van der Waals surface area contributed by atoms with Crippen LogP contribution in [0.1, 0.15) is 40.0 Å². The normalized spacial score (nSPS) is 14.3. The quantitative estimate of drug-likeness (QED) is 0.289. The van der Waals surface area contributed by atoms with E-state index in [0.29, 0.717) is 24.2 Å². The van der Waals surface area contributed by atoms with Crippen molar-refractivity contribution in [3.63, 3.8) is 0 Å². The average molecular weight is 293 g/mol. The molecule has 0 bridgehead atoms. The highest BCUT2D eigenvalue weighted by Crippen LogP contribution is 2.17. The predicted molar refractivity (Wildman–Crippen MR) is 86.4 cm³/mol. The standard InChI is InChI=1S/C17H27NO3/c1-6-9-10-11-14(8-3)21-15(12-18)16(19)17(20-5)13(4)7-2/h9-12,17H,4,6-8,18H2,1-3,5H3/b10-9-,14-11+,15-12-. The molecule has 0 fully saturated rings. The van der Waals surface area contributed by atoms with E-state index in [0.717, 1.165) is 6.42 Å². The molecule has 0 saturated carbocycles. The van der Waals surface area contributed by atoms with Crippen LogP contribution in [-0.4, -0.2) is 19.0 Å². The molecule has 0 aliphatic carbocycles. The van der Waals surface area contributed by atoms with Crippen LogP contribution in [0, 0.1) is 0 Å². The number of ether oxygens (including phenoxy) is 2. The number of allylic oxidation sites excluding steroid dienone is 4. The topological polar surface area (TPSA) is 61.5 Å². The minimum absolute atomic E-state index is 0.0782. The van der Waals surface area contributed by atoms with Crippen LogP contribution in [0.25, 0.3) is 0 Å². The first-order chi connectivity index (χ1) is 10.0. The summed E-state index contributed by atoms with van der Waals surface area (Å²) < 4.78 is 10.8. The second-order valence-corrected chi connectivity index (χ2v) is 4.45. The fourth-order valence-electron chi connectivity index (χ4n) is 1.62. The zero-order chi connectivity index (χ0) is 16.3. The van der Waals surface area contributed by atoms with Crippen LogP contribution in [0.5, 0.6) is 0 Å². The Labute approximate surface area is 128 Å². The van der Waals surface area contributed by atoms with Gasteiger partial charge in [-0.1, -0.05) is 39.5 Å². The molecule has 0 aliphatic rings. The molecule has 4 heteroatoms. The van der Waals surface area contributed by atoms with Gasteiger partial charge >= 0.3 is 0 Å². The first-order valence-electron chi connectivity index (χ1n) is 7.25. The van der Waals surface area contributed by atoms with Crippen LogP contribution < -0.4 is 5.73 Å². The molecule has 0 amide bonds. The first-order valence-corrected chi connectivity index (χ1v) is 7.25. The highest BCUT2D eigenvalue weighted by Gasteiger charge is 2.25. The Balaban J connectivity index is 5.08. The lowest BCUT2D eigenvalue weighted by molar-refractivity contribution is -0.126. The molecular weight excluding hydrogens is 266 g/mol. The van der Waals surface area contributed by atoms with Gasteiger partial charge in [0, 0.05) is 19.7 Å². The molecule has 0 aliphatic heterocycles. The number of nitrogens with two attached hydrogens (primary N) is 1. The summed E-state index contributed by atoms with van der Waals surface area (Å²) in [7, 11) is 1.47. The van der Waals surface area contributed by atoms with E-state index in [1.807, 2.05) is 39.0 Å². The fraction of sp³-hybridized carbons (Fsp3) is 0.471. The second kappa shape index (κ2) is 10.9. The van der Waals surface area contributed by atoms with Crippen LogP contribution >= 0.6 is 0 Å². The fourth-order valence-corrected chi connectivity index (χ4v) is 1.62. The number of carbonyl (C=O) groups excluding carboxylic acids is 1. The van der Waals surface area contributed by atoms with Gasteiger partial charge in [-0.05, 0) is 24.5 Å². The Morgan fingerprint density at radius 3 is 2.38 bits per heavy atom. The van der Waals surface area contributed by atoms with Crippen LogP contribution in [0.4, 0.5) is 0 Å². The SMILES string of the molecule is C=C(CC)C(OC)C(=O)/C(=C/N)O/C(=C/C=C\CC)CC. The van der Waals surface area contributed by atoms with Gasteiger partial charge in [0.2, 0.25) is 5.78 Å². The van der Waals surface area contributed by atoms with Crippen molar-refractivity contribution in [1.29, 1.82) is 0 Å². The number of methoxy groups -OCH3 is 1. The van der Waals surface area contributed by atoms with Crippen LogP contribution in [0.15, 0.2) is 48.1 Å². The third-order valence-corrected chi connectivity index (χ3v) is 2.94. The molecule has 1 unspecified atom stereocenters. The number of ketones is 1. The summed E-state index contributed by atoms with van der Waals surface area (Å²) in [5.74, 6) is 0.432. The number of carbonyl (C=O) groups is 1. The van der Waals surface area contributed by atoms with Crippen molar-refractivity contribution in [2.75, 3.05) is 7.11 Å². The number of hydrogen-bond donors (Lipinski definition) is 1. The molecule has 1 atom stereocenters. The molecule has 0 saturated heterocycles.